The first-order valence-corrected chi connectivity index (χ1v) is 10.0. The van der Waals surface area contributed by atoms with Gasteiger partial charge in [0.1, 0.15) is 0 Å². The van der Waals surface area contributed by atoms with Gasteiger partial charge in [-0.2, -0.15) is 5.10 Å². The molecule has 2 aromatic rings. The van der Waals surface area contributed by atoms with E-state index in [1.165, 1.54) is 48.2 Å². The molecule has 1 aliphatic heterocycles. The molecule has 0 saturated carbocycles. The van der Waals surface area contributed by atoms with E-state index < -0.39 is 0 Å². The molecule has 1 aromatic carbocycles. The lowest BCUT2D eigenvalue weighted by molar-refractivity contribution is 0.182. The Morgan fingerprint density at radius 1 is 1.19 bits per heavy atom. The lowest BCUT2D eigenvalue weighted by Crippen LogP contribution is -2.45. The topological polar surface area (TPSA) is 33.1 Å². The van der Waals surface area contributed by atoms with Gasteiger partial charge in [0.25, 0.3) is 0 Å². The van der Waals surface area contributed by atoms with E-state index in [2.05, 4.69) is 60.4 Å². The Morgan fingerprint density at radius 2 is 1.92 bits per heavy atom. The van der Waals surface area contributed by atoms with Crippen LogP contribution in [0.5, 0.6) is 0 Å². The van der Waals surface area contributed by atoms with E-state index in [0.29, 0.717) is 6.04 Å². The molecule has 142 valence electrons. The van der Waals surface area contributed by atoms with Crippen molar-refractivity contribution >= 4 is 0 Å². The van der Waals surface area contributed by atoms with Crippen molar-refractivity contribution in [1.82, 2.24) is 20.0 Å². The third-order valence-corrected chi connectivity index (χ3v) is 5.50. The Bertz CT molecular complexity index is 687. The summed E-state index contributed by atoms with van der Waals surface area (Å²) in [6.07, 6.45) is 5.70. The fourth-order valence-corrected chi connectivity index (χ4v) is 3.85. The van der Waals surface area contributed by atoms with Crippen LogP contribution in [0.4, 0.5) is 0 Å². The fraction of sp³-hybridized carbons (Fsp3) is 0.591. The van der Waals surface area contributed by atoms with Crippen molar-refractivity contribution in [1.29, 1.82) is 0 Å². The summed E-state index contributed by atoms with van der Waals surface area (Å²) in [4.78, 5) is 2.59. The van der Waals surface area contributed by atoms with Crippen LogP contribution in [0, 0.1) is 12.8 Å². The van der Waals surface area contributed by atoms with Crippen molar-refractivity contribution in [3.63, 3.8) is 0 Å². The molecular formula is C22H34N4. The van der Waals surface area contributed by atoms with Crippen LogP contribution in [-0.4, -0.2) is 33.8 Å². The van der Waals surface area contributed by atoms with Crippen LogP contribution in [0.3, 0.4) is 0 Å². The summed E-state index contributed by atoms with van der Waals surface area (Å²) < 4.78 is 1.95. The van der Waals surface area contributed by atoms with Crippen LogP contribution in [0.15, 0.2) is 30.5 Å². The zero-order valence-corrected chi connectivity index (χ0v) is 16.8. The largest absolute Gasteiger partial charge is 0.309 e. The average molecular weight is 355 g/mol. The Balaban J connectivity index is 1.49. The van der Waals surface area contributed by atoms with Crippen LogP contribution < -0.4 is 5.32 Å². The molecule has 1 aliphatic rings. The standard InChI is InChI=1S/C22H34N4/c1-17(2)12-19-7-9-20(10-8-19)15-26-11-5-6-22(16-26)23-13-21-14-24-25(4)18(21)3/h7-10,14,17,22-23H,5-6,11-13,15-16H2,1-4H3/t22-/m1/s1. The summed E-state index contributed by atoms with van der Waals surface area (Å²) in [7, 11) is 2.01. The monoisotopic (exact) mass is 354 g/mol. The molecule has 0 bridgehead atoms. The number of aromatic nitrogens is 2. The average Bonchev–Trinajstić information content (AvgIpc) is 2.93. The normalized spacial score (nSPS) is 18.6. The van der Waals surface area contributed by atoms with Gasteiger partial charge in [0, 0.05) is 44.0 Å². The molecular weight excluding hydrogens is 320 g/mol. The van der Waals surface area contributed by atoms with Crippen molar-refractivity contribution in [2.24, 2.45) is 13.0 Å². The number of benzene rings is 1. The van der Waals surface area contributed by atoms with Gasteiger partial charge < -0.3 is 5.32 Å². The van der Waals surface area contributed by atoms with Crippen molar-refractivity contribution in [2.75, 3.05) is 13.1 Å². The number of hydrogen-bond donors (Lipinski definition) is 1. The number of nitrogens with zero attached hydrogens (tertiary/aromatic N) is 3. The third-order valence-electron chi connectivity index (χ3n) is 5.50. The molecule has 0 aliphatic carbocycles. The minimum absolute atomic E-state index is 0.573. The zero-order valence-electron chi connectivity index (χ0n) is 16.8. The zero-order chi connectivity index (χ0) is 18.5. The van der Waals surface area contributed by atoms with Crippen LogP contribution in [0.2, 0.25) is 0 Å². The maximum atomic E-state index is 4.34. The Labute approximate surface area is 158 Å². The second-order valence-corrected chi connectivity index (χ2v) is 8.25. The van der Waals surface area contributed by atoms with Gasteiger partial charge in [0.05, 0.1) is 6.20 Å². The highest BCUT2D eigenvalue weighted by Crippen LogP contribution is 2.16. The number of likely N-dealkylation sites (tertiary alicyclic amines) is 1. The van der Waals surface area contributed by atoms with Crippen LogP contribution in [0.1, 0.15) is 49.1 Å². The molecule has 0 spiro atoms. The van der Waals surface area contributed by atoms with E-state index in [1.54, 1.807) is 0 Å². The van der Waals surface area contributed by atoms with Crippen LogP contribution >= 0.6 is 0 Å². The molecule has 0 amide bonds. The van der Waals surface area contributed by atoms with Crippen molar-refractivity contribution in [2.45, 2.75) is 59.2 Å². The molecule has 1 aromatic heterocycles. The highest BCUT2D eigenvalue weighted by atomic mass is 15.3. The quantitative estimate of drug-likeness (QED) is 0.823. The van der Waals surface area contributed by atoms with Crippen molar-refractivity contribution in [3.05, 3.63) is 52.8 Å². The second-order valence-electron chi connectivity index (χ2n) is 8.25. The van der Waals surface area contributed by atoms with Crippen molar-refractivity contribution < 1.29 is 0 Å². The van der Waals surface area contributed by atoms with E-state index in [-0.39, 0.29) is 0 Å². The van der Waals surface area contributed by atoms with E-state index in [9.17, 15) is 0 Å². The second kappa shape index (κ2) is 8.83. The van der Waals surface area contributed by atoms with Gasteiger partial charge in [-0.3, -0.25) is 9.58 Å². The maximum Gasteiger partial charge on any atom is 0.0537 e. The van der Waals surface area contributed by atoms with Gasteiger partial charge in [0.2, 0.25) is 0 Å². The smallest absolute Gasteiger partial charge is 0.0537 e. The van der Waals surface area contributed by atoms with Crippen LogP contribution in [0.25, 0.3) is 0 Å². The number of piperidine rings is 1. The minimum atomic E-state index is 0.573. The van der Waals surface area contributed by atoms with E-state index in [4.69, 9.17) is 0 Å². The lowest BCUT2D eigenvalue weighted by Gasteiger charge is -2.33. The Hall–Kier alpha value is -1.65. The molecule has 1 atom stereocenters. The summed E-state index contributed by atoms with van der Waals surface area (Å²) in [6.45, 7) is 11.0. The predicted molar refractivity (Wildman–Crippen MR) is 108 cm³/mol. The fourth-order valence-electron chi connectivity index (χ4n) is 3.85. The van der Waals surface area contributed by atoms with E-state index in [1.807, 2.05) is 17.9 Å². The van der Waals surface area contributed by atoms with Gasteiger partial charge in [-0.05, 0) is 49.8 Å². The third kappa shape index (κ3) is 5.18. The molecule has 2 heterocycles. The first-order chi connectivity index (χ1) is 12.5. The molecule has 1 N–H and O–H groups in total. The Kier molecular flexibility index (Phi) is 6.49. The number of hydrogen-bond acceptors (Lipinski definition) is 3. The van der Waals surface area contributed by atoms with Gasteiger partial charge in [-0.1, -0.05) is 38.1 Å². The number of rotatable bonds is 7. The predicted octanol–water partition coefficient (Wildman–Crippen LogP) is 3.68. The molecule has 3 rings (SSSR count). The first-order valence-electron chi connectivity index (χ1n) is 10.0. The molecule has 26 heavy (non-hydrogen) atoms. The number of nitrogens with one attached hydrogen (secondary N) is 1. The highest BCUT2D eigenvalue weighted by molar-refractivity contribution is 5.23. The Morgan fingerprint density at radius 3 is 2.58 bits per heavy atom. The SMILES string of the molecule is Cc1c(CN[C@@H]2CCCN(Cc3ccc(CC(C)C)cc3)C2)cnn1C. The maximum absolute atomic E-state index is 4.34. The van der Waals surface area contributed by atoms with Gasteiger partial charge in [-0.15, -0.1) is 0 Å². The lowest BCUT2D eigenvalue weighted by atomic mass is 10.0. The van der Waals surface area contributed by atoms with Gasteiger partial charge >= 0.3 is 0 Å². The molecule has 1 fully saturated rings. The minimum Gasteiger partial charge on any atom is -0.309 e. The molecule has 4 nitrogen and oxygen atoms in total. The van der Waals surface area contributed by atoms with Crippen molar-refractivity contribution in [3.8, 4) is 0 Å². The summed E-state index contributed by atoms with van der Waals surface area (Å²) in [5, 5.41) is 8.09. The molecule has 4 heteroatoms. The summed E-state index contributed by atoms with van der Waals surface area (Å²) >= 11 is 0. The summed E-state index contributed by atoms with van der Waals surface area (Å²) in [5.74, 6) is 0.721. The van der Waals surface area contributed by atoms with Gasteiger partial charge in [-0.25, -0.2) is 0 Å². The summed E-state index contributed by atoms with van der Waals surface area (Å²) in [5.41, 5.74) is 5.45. The molecule has 0 radical (unpaired) electrons. The summed E-state index contributed by atoms with van der Waals surface area (Å²) in [6, 6.07) is 9.81. The van der Waals surface area contributed by atoms with Crippen LogP contribution in [-0.2, 0) is 26.6 Å². The number of aryl methyl sites for hydroxylation is 1. The van der Waals surface area contributed by atoms with Gasteiger partial charge in [0.15, 0.2) is 0 Å². The van der Waals surface area contributed by atoms with E-state index >= 15 is 0 Å². The molecule has 0 unspecified atom stereocenters. The highest BCUT2D eigenvalue weighted by Gasteiger charge is 2.20. The first kappa shape index (κ1) is 19.1. The molecule has 1 saturated heterocycles. The van der Waals surface area contributed by atoms with E-state index in [0.717, 1.165) is 25.6 Å².